The zero-order chi connectivity index (χ0) is 30.2. The van der Waals surface area contributed by atoms with Gasteiger partial charge in [-0.05, 0) is 74.2 Å². The summed E-state index contributed by atoms with van der Waals surface area (Å²) in [7, 11) is 0. The zero-order valence-electron chi connectivity index (χ0n) is 21.4. The van der Waals surface area contributed by atoms with Crippen LogP contribution in [0.2, 0.25) is 0 Å². The summed E-state index contributed by atoms with van der Waals surface area (Å²) in [5, 5.41) is 0. The van der Waals surface area contributed by atoms with Crippen molar-refractivity contribution in [2.75, 3.05) is 4.90 Å². The van der Waals surface area contributed by atoms with Crippen LogP contribution in [0.1, 0.15) is 67.5 Å². The fourth-order valence-electron chi connectivity index (χ4n) is 4.62. The molecule has 220 valence electrons. The van der Waals surface area contributed by atoms with E-state index < -0.39 is 71.6 Å². The molecule has 0 saturated heterocycles. The number of amides is 2. The van der Waals surface area contributed by atoms with Crippen LogP contribution >= 0.6 is 0 Å². The summed E-state index contributed by atoms with van der Waals surface area (Å²) in [5.41, 5.74) is -5.02. The Morgan fingerprint density at radius 2 is 1.50 bits per heavy atom. The topological polar surface area (TPSA) is 49.9 Å². The first kappa shape index (κ1) is 31.1. The maximum absolute atomic E-state index is 13.6. The van der Waals surface area contributed by atoms with Crippen LogP contribution in [-0.4, -0.2) is 29.5 Å². The average molecular weight is 584 g/mol. The van der Waals surface area contributed by atoms with E-state index in [1.54, 1.807) is 20.8 Å². The van der Waals surface area contributed by atoms with Gasteiger partial charge in [0.25, 0.3) is 0 Å². The van der Waals surface area contributed by atoms with Crippen LogP contribution in [0.4, 0.5) is 50.0 Å². The lowest BCUT2D eigenvalue weighted by molar-refractivity contribution is -0.143. The predicted molar refractivity (Wildman–Crippen MR) is 125 cm³/mol. The normalized spacial score (nSPS) is 18.0. The number of hydrogen-bond acceptors (Lipinski definition) is 3. The number of hydrogen-bond donors (Lipinski definition) is 0. The highest BCUT2D eigenvalue weighted by Gasteiger charge is 2.42. The summed E-state index contributed by atoms with van der Waals surface area (Å²) >= 11 is 0. The molecule has 0 N–H and O–H groups in total. The third-order valence-corrected chi connectivity index (χ3v) is 6.39. The van der Waals surface area contributed by atoms with Gasteiger partial charge >= 0.3 is 24.6 Å². The van der Waals surface area contributed by atoms with E-state index in [1.807, 2.05) is 0 Å². The van der Waals surface area contributed by atoms with E-state index >= 15 is 0 Å². The Hall–Kier alpha value is -3.45. The number of nitrogens with zero attached hydrogens (tertiary/aromatic N) is 2. The van der Waals surface area contributed by atoms with Gasteiger partial charge in [-0.25, -0.2) is 4.79 Å². The maximum Gasteiger partial charge on any atom is 0.416 e. The van der Waals surface area contributed by atoms with Gasteiger partial charge in [-0.1, -0.05) is 6.92 Å². The van der Waals surface area contributed by atoms with E-state index in [0.29, 0.717) is 18.2 Å². The Bertz CT molecular complexity index is 1210. The summed E-state index contributed by atoms with van der Waals surface area (Å²) < 4.78 is 126. The monoisotopic (exact) mass is 584 g/mol. The van der Waals surface area contributed by atoms with Crippen molar-refractivity contribution in [3.8, 4) is 0 Å². The van der Waals surface area contributed by atoms with Crippen LogP contribution in [0.5, 0.6) is 0 Å². The van der Waals surface area contributed by atoms with Crippen LogP contribution in [0.25, 0.3) is 0 Å². The average Bonchev–Trinajstić information content (AvgIpc) is 2.83. The molecule has 14 heteroatoms. The summed E-state index contributed by atoms with van der Waals surface area (Å²) in [6.45, 7) is 4.03. The Morgan fingerprint density at radius 3 is 1.95 bits per heavy atom. The SMILES string of the molecule is CCC1CC(N(C=O)Cc2cc(C(F)(F)F)cc(C(F)(F)F)c2)c2cc(C(F)(F)F)ccc2N1C(=O)OC(C)C. The van der Waals surface area contributed by atoms with Gasteiger partial charge in [-0.15, -0.1) is 0 Å². The van der Waals surface area contributed by atoms with Crippen molar-refractivity contribution in [2.24, 2.45) is 0 Å². The lowest BCUT2D eigenvalue weighted by Crippen LogP contribution is -2.48. The Morgan fingerprint density at radius 1 is 0.950 bits per heavy atom. The van der Waals surface area contributed by atoms with Crippen molar-refractivity contribution >= 4 is 18.2 Å². The number of carbonyl (C=O) groups excluding carboxylic acids is 2. The van der Waals surface area contributed by atoms with Crippen molar-refractivity contribution in [2.45, 2.75) is 76.9 Å². The number of alkyl halides is 9. The van der Waals surface area contributed by atoms with Crippen molar-refractivity contribution < 1.29 is 53.8 Å². The first-order valence-electron chi connectivity index (χ1n) is 12.1. The van der Waals surface area contributed by atoms with E-state index in [9.17, 15) is 49.1 Å². The number of rotatable bonds is 6. The van der Waals surface area contributed by atoms with Crippen molar-refractivity contribution in [1.82, 2.24) is 4.90 Å². The van der Waals surface area contributed by atoms with Crippen LogP contribution in [-0.2, 0) is 34.6 Å². The quantitative estimate of drug-likeness (QED) is 0.256. The molecule has 0 saturated carbocycles. The summed E-state index contributed by atoms with van der Waals surface area (Å²) in [6, 6.07) is 1.38. The third kappa shape index (κ3) is 6.81. The Kier molecular flexibility index (Phi) is 8.70. The molecular weight excluding hydrogens is 559 g/mol. The zero-order valence-corrected chi connectivity index (χ0v) is 21.4. The molecule has 1 aliphatic heterocycles. The van der Waals surface area contributed by atoms with E-state index in [0.717, 1.165) is 21.9 Å². The fraction of sp³-hybridized carbons (Fsp3) is 0.462. The Balaban J connectivity index is 2.15. The molecule has 2 unspecified atom stereocenters. The molecule has 40 heavy (non-hydrogen) atoms. The first-order valence-corrected chi connectivity index (χ1v) is 12.1. The van der Waals surface area contributed by atoms with Gasteiger partial charge in [0, 0.05) is 12.6 Å². The van der Waals surface area contributed by atoms with E-state index in [-0.39, 0.29) is 36.6 Å². The minimum Gasteiger partial charge on any atom is -0.446 e. The molecular formula is C26H25F9N2O3. The first-order chi connectivity index (χ1) is 18.4. The van der Waals surface area contributed by atoms with Crippen LogP contribution in [0, 0.1) is 0 Å². The van der Waals surface area contributed by atoms with Gasteiger partial charge in [0.15, 0.2) is 0 Å². The highest BCUT2D eigenvalue weighted by atomic mass is 19.4. The number of carbonyl (C=O) groups is 2. The Labute approximate surface area is 223 Å². The van der Waals surface area contributed by atoms with Crippen molar-refractivity contribution in [3.63, 3.8) is 0 Å². The second-order valence-corrected chi connectivity index (χ2v) is 9.58. The number of halogens is 9. The van der Waals surface area contributed by atoms with Gasteiger partial charge in [0.2, 0.25) is 6.41 Å². The van der Waals surface area contributed by atoms with Crippen LogP contribution < -0.4 is 4.90 Å². The van der Waals surface area contributed by atoms with Gasteiger partial charge in [-0.3, -0.25) is 9.69 Å². The molecule has 1 aliphatic rings. The summed E-state index contributed by atoms with van der Waals surface area (Å²) in [5.74, 6) is 0. The van der Waals surface area contributed by atoms with Gasteiger partial charge in [0.1, 0.15) is 0 Å². The predicted octanol–water partition coefficient (Wildman–Crippen LogP) is 7.98. The molecule has 0 radical (unpaired) electrons. The molecule has 0 bridgehead atoms. The molecule has 2 aromatic carbocycles. The minimum absolute atomic E-state index is 0.0198. The molecule has 0 fully saturated rings. The standard InChI is InChI=1S/C26H25F9N2O3/c1-4-19-11-22(20-10-16(24(27,28)29)5-6-21(20)37(19)23(39)40-14(2)3)36(13-38)12-15-7-17(25(30,31)32)9-18(8-15)26(33,34)35/h5-10,13-14,19,22H,4,11-12H2,1-3H3. The van der Waals surface area contributed by atoms with Gasteiger partial charge in [-0.2, -0.15) is 39.5 Å². The summed E-state index contributed by atoms with van der Waals surface area (Å²) in [4.78, 5) is 27.1. The molecule has 3 rings (SSSR count). The van der Waals surface area contributed by atoms with Gasteiger partial charge in [0.05, 0.1) is 34.5 Å². The summed E-state index contributed by atoms with van der Waals surface area (Å²) in [6.07, 6.45) is -16.3. The smallest absolute Gasteiger partial charge is 0.416 e. The molecule has 0 aromatic heterocycles. The molecule has 2 amide bonds. The second kappa shape index (κ2) is 11.2. The highest BCUT2D eigenvalue weighted by molar-refractivity contribution is 5.90. The lowest BCUT2D eigenvalue weighted by Gasteiger charge is -2.43. The molecule has 1 heterocycles. The number of ether oxygens (including phenoxy) is 1. The minimum atomic E-state index is -5.13. The lowest BCUT2D eigenvalue weighted by atomic mass is 9.87. The molecule has 0 spiro atoms. The molecule has 2 aromatic rings. The number of anilines is 1. The van der Waals surface area contributed by atoms with Crippen LogP contribution in [0.3, 0.4) is 0 Å². The van der Waals surface area contributed by atoms with Crippen molar-refractivity contribution in [1.29, 1.82) is 0 Å². The highest BCUT2D eigenvalue weighted by Crippen LogP contribution is 2.45. The molecule has 2 atom stereocenters. The maximum atomic E-state index is 13.6. The number of fused-ring (bicyclic) bond motifs is 1. The van der Waals surface area contributed by atoms with Crippen LogP contribution in [0.15, 0.2) is 36.4 Å². The van der Waals surface area contributed by atoms with E-state index in [4.69, 9.17) is 4.74 Å². The molecule has 5 nitrogen and oxygen atoms in total. The largest absolute Gasteiger partial charge is 0.446 e. The second-order valence-electron chi connectivity index (χ2n) is 9.58. The van der Waals surface area contributed by atoms with E-state index in [2.05, 4.69) is 0 Å². The third-order valence-electron chi connectivity index (χ3n) is 6.39. The number of benzene rings is 2. The van der Waals surface area contributed by atoms with Crippen molar-refractivity contribution in [3.05, 3.63) is 64.2 Å². The van der Waals surface area contributed by atoms with Gasteiger partial charge < -0.3 is 9.64 Å². The van der Waals surface area contributed by atoms with E-state index in [1.165, 1.54) is 0 Å². The fourth-order valence-corrected chi connectivity index (χ4v) is 4.62. The molecule has 0 aliphatic carbocycles.